The molecule has 0 spiro atoms. The molecule has 2 rings (SSSR count). The van der Waals surface area contributed by atoms with Gasteiger partial charge in [0.05, 0.1) is 6.54 Å². The third kappa shape index (κ3) is 3.08. The van der Waals surface area contributed by atoms with Crippen molar-refractivity contribution >= 4 is 5.91 Å². The van der Waals surface area contributed by atoms with E-state index in [0.29, 0.717) is 18.9 Å². The lowest BCUT2D eigenvalue weighted by Gasteiger charge is -2.08. The number of carbonyl (C=O) groups is 1. The highest BCUT2D eigenvalue weighted by Gasteiger charge is 2.18. The first-order valence-corrected chi connectivity index (χ1v) is 5.59. The number of aromatic amines is 1. The van der Waals surface area contributed by atoms with Crippen molar-refractivity contribution in [2.24, 2.45) is 5.92 Å². The Kier molecular flexibility index (Phi) is 3.37. The van der Waals surface area contributed by atoms with Crippen LogP contribution < -0.4 is 5.32 Å². The van der Waals surface area contributed by atoms with Crippen molar-refractivity contribution in [3.8, 4) is 0 Å². The molecule has 2 N–H and O–H groups in total. The molecular formula is C11H17N3O. The predicted octanol–water partition coefficient (Wildman–Crippen LogP) is 1.61. The first kappa shape index (κ1) is 10.2. The minimum atomic E-state index is 0.151. The quantitative estimate of drug-likeness (QED) is 0.788. The molecule has 0 radical (unpaired) electrons. The fourth-order valence-corrected chi connectivity index (χ4v) is 2.13. The summed E-state index contributed by atoms with van der Waals surface area (Å²) in [5, 5.41) is 2.88. The Hall–Kier alpha value is -1.32. The van der Waals surface area contributed by atoms with E-state index < -0.39 is 0 Å². The molecule has 15 heavy (non-hydrogen) atoms. The summed E-state index contributed by atoms with van der Waals surface area (Å²) in [6, 6.07) is 0. The Morgan fingerprint density at radius 1 is 1.53 bits per heavy atom. The highest BCUT2D eigenvalue weighted by molar-refractivity contribution is 5.76. The van der Waals surface area contributed by atoms with Crippen LogP contribution in [-0.2, 0) is 11.3 Å². The number of amides is 1. The van der Waals surface area contributed by atoms with Crippen molar-refractivity contribution in [2.75, 3.05) is 0 Å². The first-order valence-electron chi connectivity index (χ1n) is 5.59. The molecule has 4 heteroatoms. The maximum Gasteiger partial charge on any atom is 0.220 e. The highest BCUT2D eigenvalue weighted by atomic mass is 16.1. The molecule has 0 atom stereocenters. The average Bonchev–Trinajstić information content (AvgIpc) is 2.86. The zero-order chi connectivity index (χ0) is 10.5. The number of aromatic nitrogens is 2. The van der Waals surface area contributed by atoms with Gasteiger partial charge in [0, 0.05) is 18.8 Å². The number of hydrogen-bond donors (Lipinski definition) is 2. The van der Waals surface area contributed by atoms with Gasteiger partial charge in [0.15, 0.2) is 0 Å². The van der Waals surface area contributed by atoms with E-state index >= 15 is 0 Å². The van der Waals surface area contributed by atoms with Crippen molar-refractivity contribution < 1.29 is 4.79 Å². The zero-order valence-electron chi connectivity index (χ0n) is 8.83. The molecular weight excluding hydrogens is 190 g/mol. The summed E-state index contributed by atoms with van der Waals surface area (Å²) in [5.41, 5.74) is 0. The summed E-state index contributed by atoms with van der Waals surface area (Å²) in [4.78, 5) is 18.6. The lowest BCUT2D eigenvalue weighted by Crippen LogP contribution is -2.25. The molecule has 0 unspecified atom stereocenters. The molecule has 1 amide bonds. The van der Waals surface area contributed by atoms with Crippen LogP contribution in [0.15, 0.2) is 12.4 Å². The van der Waals surface area contributed by atoms with Crippen LogP contribution in [0, 0.1) is 5.92 Å². The van der Waals surface area contributed by atoms with Crippen LogP contribution in [0.1, 0.15) is 37.9 Å². The van der Waals surface area contributed by atoms with Gasteiger partial charge in [-0.2, -0.15) is 0 Å². The number of H-pyrrole nitrogens is 1. The van der Waals surface area contributed by atoms with Crippen LogP contribution in [0.4, 0.5) is 0 Å². The molecule has 0 aromatic carbocycles. The Bertz CT molecular complexity index is 302. The number of carbonyl (C=O) groups excluding carboxylic acids is 1. The minimum Gasteiger partial charge on any atom is -0.349 e. The molecule has 1 aliphatic carbocycles. The molecule has 1 aliphatic rings. The molecule has 4 nitrogen and oxygen atoms in total. The molecule has 1 aromatic heterocycles. The van der Waals surface area contributed by atoms with Crippen molar-refractivity contribution in [1.29, 1.82) is 0 Å². The molecule has 1 saturated carbocycles. The van der Waals surface area contributed by atoms with Gasteiger partial charge >= 0.3 is 0 Å². The largest absolute Gasteiger partial charge is 0.349 e. The molecule has 0 saturated heterocycles. The molecule has 0 bridgehead atoms. The standard InChI is InChI=1S/C11H17N3O/c15-11(7-9-3-1-2-4-9)14-8-10-12-5-6-13-10/h5-6,9H,1-4,7-8H2,(H,12,13)(H,14,15). The van der Waals surface area contributed by atoms with E-state index in [1.807, 2.05) is 0 Å². The molecule has 1 heterocycles. The lowest BCUT2D eigenvalue weighted by molar-refractivity contribution is -0.122. The van der Waals surface area contributed by atoms with Gasteiger partial charge in [0.1, 0.15) is 5.82 Å². The number of nitrogens with zero attached hydrogens (tertiary/aromatic N) is 1. The van der Waals surface area contributed by atoms with E-state index in [-0.39, 0.29) is 5.91 Å². The maximum atomic E-state index is 11.5. The van der Waals surface area contributed by atoms with Crippen LogP contribution in [-0.4, -0.2) is 15.9 Å². The van der Waals surface area contributed by atoms with Gasteiger partial charge in [-0.15, -0.1) is 0 Å². The lowest BCUT2D eigenvalue weighted by atomic mass is 10.0. The zero-order valence-corrected chi connectivity index (χ0v) is 8.83. The average molecular weight is 207 g/mol. The molecule has 0 aliphatic heterocycles. The Balaban J connectivity index is 1.68. The fourth-order valence-electron chi connectivity index (χ4n) is 2.13. The summed E-state index contributed by atoms with van der Waals surface area (Å²) in [5.74, 6) is 1.58. The van der Waals surface area contributed by atoms with Crippen molar-refractivity contribution in [3.63, 3.8) is 0 Å². The van der Waals surface area contributed by atoms with Gasteiger partial charge in [0.25, 0.3) is 0 Å². The van der Waals surface area contributed by atoms with E-state index in [1.165, 1.54) is 25.7 Å². The van der Waals surface area contributed by atoms with Gasteiger partial charge in [0.2, 0.25) is 5.91 Å². The van der Waals surface area contributed by atoms with Crippen LogP contribution >= 0.6 is 0 Å². The summed E-state index contributed by atoms with van der Waals surface area (Å²) < 4.78 is 0. The molecule has 1 fully saturated rings. The van der Waals surface area contributed by atoms with Gasteiger partial charge < -0.3 is 10.3 Å². The Morgan fingerprint density at radius 2 is 2.33 bits per heavy atom. The normalized spacial score (nSPS) is 16.8. The van der Waals surface area contributed by atoms with Crippen LogP contribution in [0.2, 0.25) is 0 Å². The van der Waals surface area contributed by atoms with Gasteiger partial charge in [-0.25, -0.2) is 4.98 Å². The van der Waals surface area contributed by atoms with Gasteiger partial charge in [-0.3, -0.25) is 4.79 Å². The molecule has 82 valence electrons. The third-order valence-corrected chi connectivity index (χ3v) is 2.96. The summed E-state index contributed by atoms with van der Waals surface area (Å²) >= 11 is 0. The number of nitrogens with one attached hydrogen (secondary N) is 2. The number of hydrogen-bond acceptors (Lipinski definition) is 2. The van der Waals surface area contributed by atoms with Crippen molar-refractivity contribution in [3.05, 3.63) is 18.2 Å². The third-order valence-electron chi connectivity index (χ3n) is 2.96. The second-order valence-electron chi connectivity index (χ2n) is 4.17. The Morgan fingerprint density at radius 3 is 3.00 bits per heavy atom. The van der Waals surface area contributed by atoms with Crippen molar-refractivity contribution in [2.45, 2.75) is 38.6 Å². The second-order valence-corrected chi connectivity index (χ2v) is 4.17. The topological polar surface area (TPSA) is 57.8 Å². The van der Waals surface area contributed by atoms with E-state index in [2.05, 4.69) is 15.3 Å². The number of imidazole rings is 1. The summed E-state index contributed by atoms with van der Waals surface area (Å²) in [6.07, 6.45) is 9.15. The van der Waals surface area contributed by atoms with Crippen LogP contribution in [0.5, 0.6) is 0 Å². The SMILES string of the molecule is O=C(CC1CCCC1)NCc1ncc[nH]1. The Labute approximate surface area is 89.5 Å². The first-order chi connectivity index (χ1) is 7.34. The van der Waals surface area contributed by atoms with Crippen LogP contribution in [0.3, 0.4) is 0 Å². The van der Waals surface area contributed by atoms with Gasteiger partial charge in [-0.1, -0.05) is 12.8 Å². The van der Waals surface area contributed by atoms with E-state index in [1.54, 1.807) is 12.4 Å². The second kappa shape index (κ2) is 4.96. The minimum absolute atomic E-state index is 0.151. The highest BCUT2D eigenvalue weighted by Crippen LogP contribution is 2.27. The summed E-state index contributed by atoms with van der Waals surface area (Å²) in [6.45, 7) is 0.512. The van der Waals surface area contributed by atoms with E-state index in [4.69, 9.17) is 0 Å². The summed E-state index contributed by atoms with van der Waals surface area (Å²) in [7, 11) is 0. The van der Waals surface area contributed by atoms with Crippen LogP contribution in [0.25, 0.3) is 0 Å². The number of rotatable bonds is 4. The van der Waals surface area contributed by atoms with E-state index in [0.717, 1.165) is 5.82 Å². The maximum absolute atomic E-state index is 11.5. The monoisotopic (exact) mass is 207 g/mol. The predicted molar refractivity (Wildman–Crippen MR) is 57.0 cm³/mol. The van der Waals surface area contributed by atoms with Crippen molar-refractivity contribution in [1.82, 2.24) is 15.3 Å². The fraction of sp³-hybridized carbons (Fsp3) is 0.636. The smallest absolute Gasteiger partial charge is 0.220 e. The van der Waals surface area contributed by atoms with E-state index in [9.17, 15) is 4.79 Å². The molecule has 1 aromatic rings. The van der Waals surface area contributed by atoms with Gasteiger partial charge in [-0.05, 0) is 18.8 Å².